The maximum atomic E-state index is 12.5. The summed E-state index contributed by atoms with van der Waals surface area (Å²) in [6.45, 7) is 4.21. The molecule has 0 spiro atoms. The minimum absolute atomic E-state index is 0.0203. The zero-order valence-electron chi connectivity index (χ0n) is 16.4. The molecule has 0 aliphatic heterocycles. The Hall–Kier alpha value is -2.18. The highest BCUT2D eigenvalue weighted by Crippen LogP contribution is 2.21. The predicted molar refractivity (Wildman–Crippen MR) is 112 cm³/mol. The number of amides is 1. The first-order chi connectivity index (χ1) is 13.3. The van der Waals surface area contributed by atoms with Gasteiger partial charge in [-0.25, -0.2) is 13.1 Å². The molecule has 2 aromatic rings. The molecule has 0 heterocycles. The number of carbonyl (C=O) groups excluding carboxylic acids is 1. The standard InChI is InChI=1S/C22H28N2O3S/c1-16(2)17-8-10-18(11-9-17)22(25)23-19-12-14-21(15-13-19)28(26,27)24-20-6-4-3-5-7-20/h8-16,20,24H,3-7H2,1-2H3,(H,23,25). The average Bonchev–Trinajstić information content (AvgIpc) is 2.69. The molecule has 5 nitrogen and oxygen atoms in total. The van der Waals surface area contributed by atoms with E-state index >= 15 is 0 Å². The molecule has 0 atom stereocenters. The van der Waals surface area contributed by atoms with E-state index in [0.29, 0.717) is 17.2 Å². The molecule has 0 bridgehead atoms. The number of sulfonamides is 1. The van der Waals surface area contributed by atoms with Gasteiger partial charge in [0.2, 0.25) is 10.0 Å². The molecule has 0 radical (unpaired) electrons. The van der Waals surface area contributed by atoms with E-state index in [1.165, 1.54) is 24.1 Å². The lowest BCUT2D eigenvalue weighted by Crippen LogP contribution is -2.36. The van der Waals surface area contributed by atoms with E-state index in [-0.39, 0.29) is 16.8 Å². The molecule has 0 aromatic heterocycles. The Bertz CT molecular complexity index is 898. The molecule has 1 aliphatic rings. The topological polar surface area (TPSA) is 75.3 Å². The van der Waals surface area contributed by atoms with E-state index in [4.69, 9.17) is 0 Å². The number of benzene rings is 2. The SMILES string of the molecule is CC(C)c1ccc(C(=O)Nc2ccc(S(=O)(=O)NC3CCCCC3)cc2)cc1. The van der Waals surface area contributed by atoms with Crippen LogP contribution in [0.3, 0.4) is 0 Å². The summed E-state index contributed by atoms with van der Waals surface area (Å²) < 4.78 is 27.9. The third-order valence-electron chi connectivity index (χ3n) is 5.19. The van der Waals surface area contributed by atoms with Gasteiger partial charge in [0.15, 0.2) is 0 Å². The fraction of sp³-hybridized carbons (Fsp3) is 0.409. The van der Waals surface area contributed by atoms with Crippen LogP contribution < -0.4 is 10.0 Å². The summed E-state index contributed by atoms with van der Waals surface area (Å²) in [6, 6.07) is 13.8. The molecule has 0 unspecified atom stereocenters. The van der Waals surface area contributed by atoms with Gasteiger partial charge in [0.1, 0.15) is 0 Å². The molecule has 1 aliphatic carbocycles. The molecular formula is C22H28N2O3S. The van der Waals surface area contributed by atoms with Crippen molar-refractivity contribution < 1.29 is 13.2 Å². The molecule has 1 fully saturated rings. The van der Waals surface area contributed by atoms with Crippen molar-refractivity contribution in [3.63, 3.8) is 0 Å². The van der Waals surface area contributed by atoms with Crippen LogP contribution in [0.5, 0.6) is 0 Å². The summed E-state index contributed by atoms with van der Waals surface area (Å²) in [5.41, 5.74) is 2.31. The Kier molecular flexibility index (Phi) is 6.52. The first kappa shape index (κ1) is 20.6. The number of rotatable bonds is 6. The van der Waals surface area contributed by atoms with Gasteiger partial charge >= 0.3 is 0 Å². The second-order valence-electron chi connectivity index (χ2n) is 7.71. The van der Waals surface area contributed by atoms with Gasteiger partial charge in [-0.15, -0.1) is 0 Å². The van der Waals surface area contributed by atoms with E-state index in [1.807, 2.05) is 12.1 Å². The van der Waals surface area contributed by atoms with Gasteiger partial charge in [0, 0.05) is 17.3 Å². The zero-order chi connectivity index (χ0) is 20.1. The van der Waals surface area contributed by atoms with Crippen LogP contribution in [0.25, 0.3) is 0 Å². The van der Waals surface area contributed by atoms with Crippen molar-refractivity contribution in [3.8, 4) is 0 Å². The van der Waals surface area contributed by atoms with E-state index in [0.717, 1.165) is 25.7 Å². The largest absolute Gasteiger partial charge is 0.322 e. The van der Waals surface area contributed by atoms with Crippen LogP contribution in [0.4, 0.5) is 5.69 Å². The fourth-order valence-corrected chi connectivity index (χ4v) is 4.75. The zero-order valence-corrected chi connectivity index (χ0v) is 17.3. The van der Waals surface area contributed by atoms with E-state index < -0.39 is 10.0 Å². The second kappa shape index (κ2) is 8.88. The molecule has 2 aromatic carbocycles. The van der Waals surface area contributed by atoms with Gasteiger partial charge in [-0.1, -0.05) is 45.2 Å². The predicted octanol–water partition coefficient (Wildman–Crippen LogP) is 4.67. The molecule has 6 heteroatoms. The van der Waals surface area contributed by atoms with Crippen LogP contribution in [0, 0.1) is 0 Å². The molecule has 0 saturated heterocycles. The van der Waals surface area contributed by atoms with Gasteiger partial charge in [-0.2, -0.15) is 0 Å². The third kappa shape index (κ3) is 5.20. The summed E-state index contributed by atoms with van der Waals surface area (Å²) >= 11 is 0. The maximum absolute atomic E-state index is 12.5. The molecule has 2 N–H and O–H groups in total. The van der Waals surface area contributed by atoms with Gasteiger partial charge < -0.3 is 5.32 Å². The monoisotopic (exact) mass is 400 g/mol. The van der Waals surface area contributed by atoms with Crippen LogP contribution in [0.1, 0.15) is 67.8 Å². The van der Waals surface area contributed by atoms with E-state index in [9.17, 15) is 13.2 Å². The van der Waals surface area contributed by atoms with Crippen molar-refractivity contribution in [3.05, 3.63) is 59.7 Å². The number of hydrogen-bond donors (Lipinski definition) is 2. The van der Waals surface area contributed by atoms with Gasteiger partial charge in [0.05, 0.1) is 4.90 Å². The lowest BCUT2D eigenvalue weighted by molar-refractivity contribution is 0.102. The van der Waals surface area contributed by atoms with Crippen molar-refractivity contribution in [1.29, 1.82) is 0 Å². The van der Waals surface area contributed by atoms with Crippen LogP contribution in [0.2, 0.25) is 0 Å². The van der Waals surface area contributed by atoms with Crippen molar-refractivity contribution in [1.82, 2.24) is 4.72 Å². The maximum Gasteiger partial charge on any atom is 0.255 e. The minimum Gasteiger partial charge on any atom is -0.322 e. The van der Waals surface area contributed by atoms with Crippen molar-refractivity contribution in [2.45, 2.75) is 62.8 Å². The summed E-state index contributed by atoms with van der Waals surface area (Å²) in [6.07, 6.45) is 5.09. The molecule has 28 heavy (non-hydrogen) atoms. The first-order valence-corrected chi connectivity index (χ1v) is 11.4. The summed E-state index contributed by atoms with van der Waals surface area (Å²) in [7, 11) is -3.53. The highest BCUT2D eigenvalue weighted by molar-refractivity contribution is 7.89. The Labute approximate surface area is 167 Å². The first-order valence-electron chi connectivity index (χ1n) is 9.89. The lowest BCUT2D eigenvalue weighted by Gasteiger charge is -2.22. The van der Waals surface area contributed by atoms with Crippen LogP contribution >= 0.6 is 0 Å². The number of anilines is 1. The highest BCUT2D eigenvalue weighted by Gasteiger charge is 2.21. The van der Waals surface area contributed by atoms with E-state index in [2.05, 4.69) is 23.9 Å². The Morgan fingerprint density at radius 2 is 1.54 bits per heavy atom. The number of hydrogen-bond acceptors (Lipinski definition) is 3. The van der Waals surface area contributed by atoms with Crippen LogP contribution in [-0.2, 0) is 10.0 Å². The average molecular weight is 401 g/mol. The summed E-state index contributed by atoms with van der Waals surface area (Å²) in [4.78, 5) is 12.6. The Morgan fingerprint density at radius 3 is 2.11 bits per heavy atom. The quantitative estimate of drug-likeness (QED) is 0.740. The lowest BCUT2D eigenvalue weighted by atomic mass is 9.96. The molecule has 150 valence electrons. The molecule has 1 saturated carbocycles. The number of carbonyl (C=O) groups is 1. The normalized spacial score (nSPS) is 15.5. The van der Waals surface area contributed by atoms with Gasteiger partial charge in [-0.3, -0.25) is 4.79 Å². The van der Waals surface area contributed by atoms with Crippen molar-refractivity contribution in [2.24, 2.45) is 0 Å². The second-order valence-corrected chi connectivity index (χ2v) is 9.43. The summed E-state index contributed by atoms with van der Waals surface area (Å²) in [5.74, 6) is 0.195. The molecule has 3 rings (SSSR count). The fourth-order valence-electron chi connectivity index (χ4n) is 3.45. The number of nitrogens with one attached hydrogen (secondary N) is 2. The van der Waals surface area contributed by atoms with Gasteiger partial charge in [-0.05, 0) is 60.7 Å². The minimum atomic E-state index is -3.53. The van der Waals surface area contributed by atoms with Crippen LogP contribution in [0.15, 0.2) is 53.4 Å². The van der Waals surface area contributed by atoms with E-state index in [1.54, 1.807) is 24.3 Å². The molecular weight excluding hydrogens is 372 g/mol. The van der Waals surface area contributed by atoms with Crippen LogP contribution in [-0.4, -0.2) is 20.4 Å². The molecule has 1 amide bonds. The van der Waals surface area contributed by atoms with Crippen molar-refractivity contribution in [2.75, 3.05) is 5.32 Å². The third-order valence-corrected chi connectivity index (χ3v) is 6.73. The highest BCUT2D eigenvalue weighted by atomic mass is 32.2. The smallest absolute Gasteiger partial charge is 0.255 e. The van der Waals surface area contributed by atoms with Gasteiger partial charge in [0.25, 0.3) is 5.91 Å². The Morgan fingerprint density at radius 1 is 0.929 bits per heavy atom. The van der Waals surface area contributed by atoms with Crippen molar-refractivity contribution >= 4 is 21.6 Å². The summed E-state index contributed by atoms with van der Waals surface area (Å²) in [5, 5.41) is 2.81. The Balaban J connectivity index is 1.64.